The lowest BCUT2D eigenvalue weighted by molar-refractivity contribution is -0.144. The molecule has 11 heteroatoms. The van der Waals surface area contributed by atoms with E-state index < -0.39 is 59.3 Å². The summed E-state index contributed by atoms with van der Waals surface area (Å²) in [6, 6.07) is 2.51. The first-order valence-electron chi connectivity index (χ1n) is 12.1. The molecule has 0 unspecified atom stereocenters. The van der Waals surface area contributed by atoms with Crippen molar-refractivity contribution < 1.29 is 43.3 Å². The van der Waals surface area contributed by atoms with Gasteiger partial charge in [-0.3, -0.25) is 24.1 Å². The number of carbonyl (C=O) groups excluding carboxylic acids is 6. The van der Waals surface area contributed by atoms with Gasteiger partial charge in [-0.25, -0.2) is 9.59 Å². The summed E-state index contributed by atoms with van der Waals surface area (Å²) < 4.78 is 10.9. The van der Waals surface area contributed by atoms with Gasteiger partial charge in [0.25, 0.3) is 5.78 Å². The lowest BCUT2D eigenvalue weighted by atomic mass is 9.94. The number of primary amides is 1. The number of ether oxygens (including phenoxy) is 2. The Morgan fingerprint density at radius 2 is 1.70 bits per heavy atom. The van der Waals surface area contributed by atoms with Crippen LogP contribution in [0, 0.1) is 5.92 Å². The van der Waals surface area contributed by atoms with E-state index in [0.717, 1.165) is 11.0 Å². The monoisotopic (exact) mass is 518 g/mol. The van der Waals surface area contributed by atoms with E-state index in [-0.39, 0.29) is 54.8 Å². The molecule has 0 bridgehead atoms. The molecule has 0 aliphatic carbocycles. The molecule has 0 aromatic heterocycles. The van der Waals surface area contributed by atoms with Crippen LogP contribution in [0.1, 0.15) is 76.2 Å². The summed E-state index contributed by atoms with van der Waals surface area (Å²) >= 11 is 0. The summed E-state index contributed by atoms with van der Waals surface area (Å²) in [5.41, 5.74) is 4.49. The van der Waals surface area contributed by atoms with Crippen molar-refractivity contribution in [3.63, 3.8) is 0 Å². The number of phenols is 1. The third-order valence-electron chi connectivity index (χ3n) is 5.91. The Bertz CT molecular complexity index is 1100. The third-order valence-corrected chi connectivity index (χ3v) is 5.91. The molecule has 0 saturated heterocycles. The second kappa shape index (κ2) is 12.0. The molecule has 202 valence electrons. The number of ketones is 3. The van der Waals surface area contributed by atoms with E-state index in [1.807, 2.05) is 0 Å². The van der Waals surface area contributed by atoms with E-state index >= 15 is 0 Å². The van der Waals surface area contributed by atoms with Crippen LogP contribution in [0.15, 0.2) is 12.1 Å². The minimum absolute atomic E-state index is 0.0156. The van der Waals surface area contributed by atoms with Crippen molar-refractivity contribution in [3.05, 3.63) is 23.3 Å². The van der Waals surface area contributed by atoms with Gasteiger partial charge >= 0.3 is 12.1 Å². The summed E-state index contributed by atoms with van der Waals surface area (Å²) in [5.74, 6) is -5.20. The van der Waals surface area contributed by atoms with E-state index in [2.05, 4.69) is 0 Å². The Balaban J connectivity index is 2.56. The number of nitrogens with two attached hydrogens (primary N) is 1. The zero-order valence-corrected chi connectivity index (χ0v) is 21.8. The van der Waals surface area contributed by atoms with Gasteiger partial charge in [0.05, 0.1) is 5.69 Å². The molecule has 1 aromatic rings. The van der Waals surface area contributed by atoms with Crippen LogP contribution in [0.3, 0.4) is 0 Å². The van der Waals surface area contributed by atoms with Crippen LogP contribution in [0.5, 0.6) is 5.75 Å². The van der Waals surface area contributed by atoms with Gasteiger partial charge in [-0.2, -0.15) is 0 Å². The Labute approximate surface area is 215 Å². The van der Waals surface area contributed by atoms with Gasteiger partial charge < -0.3 is 20.3 Å². The number of aromatic hydroxyl groups is 1. The first kappa shape index (κ1) is 29.5. The molecule has 1 aliphatic heterocycles. The van der Waals surface area contributed by atoms with Gasteiger partial charge in [-0.05, 0) is 64.5 Å². The SMILES string of the molecule is C[C@@H]1CCC(=O)C(=O)C(=O)CCCc2cc(N(CC(N)=O)C(=O)OC(C)(C)C)cc(O)c2C(=O)O[C@H]1C. The fraction of sp³-hybridized carbons (Fsp3) is 0.538. The molecular weight excluding hydrogens is 484 g/mol. The average molecular weight is 519 g/mol. The normalized spacial score (nSPS) is 19.9. The predicted octanol–water partition coefficient (Wildman–Crippen LogP) is 2.62. The lowest BCUT2D eigenvalue weighted by Crippen LogP contribution is -2.42. The maximum atomic E-state index is 13.1. The first-order chi connectivity index (χ1) is 17.1. The van der Waals surface area contributed by atoms with Gasteiger partial charge in [-0.15, -0.1) is 0 Å². The van der Waals surface area contributed by atoms with Crippen LogP contribution in [0.2, 0.25) is 0 Å². The molecule has 0 spiro atoms. The minimum atomic E-state index is -1.07. The van der Waals surface area contributed by atoms with Crippen molar-refractivity contribution in [3.8, 4) is 5.75 Å². The van der Waals surface area contributed by atoms with Crippen molar-refractivity contribution in [1.82, 2.24) is 0 Å². The Kier molecular flexibility index (Phi) is 9.55. The maximum Gasteiger partial charge on any atom is 0.415 e. The summed E-state index contributed by atoms with van der Waals surface area (Å²) in [6.07, 6.45) is -1.67. The van der Waals surface area contributed by atoms with Crippen molar-refractivity contribution in [2.45, 2.75) is 78.4 Å². The van der Waals surface area contributed by atoms with Crippen LogP contribution in [-0.4, -0.2) is 58.7 Å². The third kappa shape index (κ3) is 8.12. The maximum absolute atomic E-state index is 13.1. The molecular formula is C26H34N2O9. The number of esters is 1. The van der Waals surface area contributed by atoms with Crippen molar-refractivity contribution >= 4 is 41.0 Å². The number of benzene rings is 1. The predicted molar refractivity (Wildman–Crippen MR) is 132 cm³/mol. The fourth-order valence-electron chi connectivity index (χ4n) is 3.75. The lowest BCUT2D eigenvalue weighted by Gasteiger charge is -2.27. The average Bonchev–Trinajstić information content (AvgIpc) is 2.77. The summed E-state index contributed by atoms with van der Waals surface area (Å²) in [4.78, 5) is 75.1. The van der Waals surface area contributed by atoms with Gasteiger partial charge in [0.15, 0.2) is 0 Å². The first-order valence-corrected chi connectivity index (χ1v) is 12.1. The van der Waals surface area contributed by atoms with E-state index in [1.54, 1.807) is 34.6 Å². The molecule has 3 N–H and O–H groups in total. The van der Waals surface area contributed by atoms with Crippen LogP contribution < -0.4 is 10.6 Å². The molecule has 1 aliphatic rings. The largest absolute Gasteiger partial charge is 0.507 e. The number of Topliss-reactive ketones (excluding diaryl/α,β-unsaturated/α-hetero) is 3. The van der Waals surface area contributed by atoms with Crippen LogP contribution in [0.4, 0.5) is 10.5 Å². The topological polar surface area (TPSA) is 170 Å². The highest BCUT2D eigenvalue weighted by atomic mass is 16.6. The van der Waals surface area contributed by atoms with Crippen LogP contribution >= 0.6 is 0 Å². The van der Waals surface area contributed by atoms with E-state index in [4.69, 9.17) is 15.2 Å². The van der Waals surface area contributed by atoms with Gasteiger partial charge in [-0.1, -0.05) is 6.92 Å². The van der Waals surface area contributed by atoms with Crippen molar-refractivity contribution in [2.75, 3.05) is 11.4 Å². The molecule has 2 amide bonds. The van der Waals surface area contributed by atoms with Gasteiger partial charge in [0.1, 0.15) is 29.6 Å². The highest BCUT2D eigenvalue weighted by molar-refractivity contribution is 6.63. The standard InChI is InChI=1S/C26H34N2O9/c1-14-9-10-19(30)23(33)18(29)8-6-7-16-11-17(12-20(31)22(16)24(34)36-15(14)2)28(13-21(27)32)25(35)37-26(3,4)5/h11-12,14-15,31H,6-10,13H2,1-5H3,(H2,27,32)/t14-,15+/m1/s1. The second-order valence-electron chi connectivity index (χ2n) is 10.2. The molecule has 0 fully saturated rings. The molecule has 11 nitrogen and oxygen atoms in total. The number of carbonyl (C=O) groups is 6. The fourth-order valence-corrected chi connectivity index (χ4v) is 3.75. The molecule has 0 saturated carbocycles. The number of hydrogen-bond donors (Lipinski definition) is 2. The smallest absolute Gasteiger partial charge is 0.415 e. The highest BCUT2D eigenvalue weighted by Crippen LogP contribution is 2.32. The minimum Gasteiger partial charge on any atom is -0.507 e. The number of fused-ring (bicyclic) bond motifs is 1. The number of phenolic OH excluding ortho intramolecular Hbond substituents is 1. The molecule has 1 aromatic carbocycles. The summed E-state index contributed by atoms with van der Waals surface area (Å²) in [5, 5.41) is 10.8. The summed E-state index contributed by atoms with van der Waals surface area (Å²) in [6.45, 7) is 7.69. The van der Waals surface area contributed by atoms with Gasteiger partial charge in [0, 0.05) is 18.9 Å². The Morgan fingerprint density at radius 3 is 2.30 bits per heavy atom. The molecule has 0 radical (unpaired) electrons. The quantitative estimate of drug-likeness (QED) is 0.451. The van der Waals surface area contributed by atoms with Crippen LogP contribution in [0.25, 0.3) is 0 Å². The zero-order valence-electron chi connectivity index (χ0n) is 21.8. The van der Waals surface area contributed by atoms with Crippen LogP contribution in [-0.2, 0) is 35.1 Å². The highest BCUT2D eigenvalue weighted by Gasteiger charge is 2.30. The number of hydrogen-bond acceptors (Lipinski definition) is 9. The Morgan fingerprint density at radius 1 is 1.08 bits per heavy atom. The zero-order chi connectivity index (χ0) is 28.1. The summed E-state index contributed by atoms with van der Waals surface area (Å²) in [7, 11) is 0. The molecule has 2 rings (SSSR count). The number of aryl methyl sites for hydroxylation is 1. The van der Waals surface area contributed by atoms with Gasteiger partial charge in [0.2, 0.25) is 17.5 Å². The Hall–Kier alpha value is -3.76. The van der Waals surface area contributed by atoms with E-state index in [9.17, 15) is 33.9 Å². The molecule has 37 heavy (non-hydrogen) atoms. The van der Waals surface area contributed by atoms with Crippen molar-refractivity contribution in [1.29, 1.82) is 0 Å². The number of cyclic esters (lactones) is 1. The number of amides is 2. The van der Waals surface area contributed by atoms with E-state index in [0.29, 0.717) is 0 Å². The van der Waals surface area contributed by atoms with Crippen molar-refractivity contribution in [2.24, 2.45) is 11.7 Å². The number of anilines is 1. The molecule has 2 atom stereocenters. The van der Waals surface area contributed by atoms with E-state index in [1.165, 1.54) is 6.07 Å². The number of rotatable bonds is 3. The molecule has 1 heterocycles. The second-order valence-corrected chi connectivity index (χ2v) is 10.2. The number of nitrogens with zero attached hydrogens (tertiary/aromatic N) is 1.